The first-order valence-electron chi connectivity index (χ1n) is 8.74. The minimum absolute atomic E-state index is 0.0770. The zero-order valence-electron chi connectivity index (χ0n) is 14.8. The smallest absolute Gasteiger partial charge is 0.270 e. The molecule has 0 aliphatic carbocycles. The van der Waals surface area contributed by atoms with Crippen molar-refractivity contribution in [2.45, 2.75) is 43.6 Å². The number of amides is 1. The summed E-state index contributed by atoms with van der Waals surface area (Å²) in [5.74, 6) is 0.788. The van der Waals surface area contributed by atoms with Crippen molar-refractivity contribution >= 4 is 23.5 Å². The molecule has 0 spiro atoms. The van der Waals surface area contributed by atoms with Crippen molar-refractivity contribution in [3.8, 4) is 0 Å². The number of aromatic nitrogens is 3. The van der Waals surface area contributed by atoms with E-state index in [0.717, 1.165) is 18.4 Å². The molecular weight excluding hydrogens is 352 g/mol. The van der Waals surface area contributed by atoms with Gasteiger partial charge in [-0.05, 0) is 38.3 Å². The Bertz CT molecular complexity index is 874. The van der Waals surface area contributed by atoms with Gasteiger partial charge >= 0.3 is 0 Å². The number of thioether (sulfide) groups is 1. The number of aromatic amines is 1. The van der Waals surface area contributed by atoms with E-state index in [1.807, 2.05) is 30.7 Å². The average molecular weight is 374 g/mol. The summed E-state index contributed by atoms with van der Waals surface area (Å²) >= 11 is 1.45. The Kier molecular flexibility index (Phi) is 4.40. The fourth-order valence-corrected chi connectivity index (χ4v) is 4.84. The quantitative estimate of drug-likeness (QED) is 0.843. The maximum atomic E-state index is 12.8. The maximum absolute atomic E-state index is 12.8. The van der Waals surface area contributed by atoms with Gasteiger partial charge in [-0.15, -0.1) is 11.8 Å². The third-order valence-electron chi connectivity index (χ3n) is 4.89. The summed E-state index contributed by atoms with van der Waals surface area (Å²) in [6.07, 6.45) is 5.02. The van der Waals surface area contributed by atoms with E-state index in [1.54, 1.807) is 12.4 Å². The Labute approximate surface area is 155 Å². The van der Waals surface area contributed by atoms with Gasteiger partial charge < -0.3 is 10.1 Å². The van der Waals surface area contributed by atoms with Crippen molar-refractivity contribution in [3.63, 3.8) is 0 Å². The highest BCUT2D eigenvalue weighted by molar-refractivity contribution is 8.00. The number of carbonyl (C=O) groups excluding carboxylic acids is 1. The zero-order valence-corrected chi connectivity index (χ0v) is 15.6. The van der Waals surface area contributed by atoms with Gasteiger partial charge in [0.25, 0.3) is 5.56 Å². The molecule has 2 aromatic rings. The number of fused-ring (bicyclic) bond motifs is 1. The van der Waals surface area contributed by atoms with Crippen LogP contribution in [0.4, 0.5) is 5.82 Å². The average Bonchev–Trinajstić information content (AvgIpc) is 2.81. The monoisotopic (exact) mass is 374 g/mol. The molecule has 8 heteroatoms. The zero-order chi connectivity index (χ0) is 18.3. The van der Waals surface area contributed by atoms with Gasteiger partial charge in [-0.1, -0.05) is 6.07 Å². The second-order valence-electron chi connectivity index (χ2n) is 7.35. The van der Waals surface area contributed by atoms with E-state index in [-0.39, 0.29) is 28.4 Å². The van der Waals surface area contributed by atoms with Gasteiger partial charge in [-0.2, -0.15) is 0 Å². The van der Waals surface area contributed by atoms with Gasteiger partial charge in [0.05, 0.1) is 28.2 Å². The second-order valence-corrected chi connectivity index (χ2v) is 8.45. The van der Waals surface area contributed by atoms with Crippen LogP contribution in [0.1, 0.15) is 49.1 Å². The first-order valence-corrected chi connectivity index (χ1v) is 9.79. The maximum Gasteiger partial charge on any atom is 0.270 e. The van der Waals surface area contributed by atoms with Crippen LogP contribution in [0.15, 0.2) is 29.3 Å². The van der Waals surface area contributed by atoms with E-state index < -0.39 is 0 Å². The van der Waals surface area contributed by atoms with Gasteiger partial charge in [-0.3, -0.25) is 24.4 Å². The lowest BCUT2D eigenvalue weighted by molar-refractivity contribution is -0.113. The summed E-state index contributed by atoms with van der Waals surface area (Å²) in [7, 11) is 0. The Morgan fingerprint density at radius 2 is 2.23 bits per heavy atom. The van der Waals surface area contributed by atoms with E-state index in [2.05, 4.69) is 15.4 Å². The first-order chi connectivity index (χ1) is 12.4. The number of hydrogen-bond donors (Lipinski definition) is 2. The summed E-state index contributed by atoms with van der Waals surface area (Å²) in [4.78, 5) is 29.3. The van der Waals surface area contributed by atoms with E-state index >= 15 is 0 Å². The van der Waals surface area contributed by atoms with Crippen LogP contribution >= 0.6 is 11.8 Å². The van der Waals surface area contributed by atoms with Crippen LogP contribution in [0, 0.1) is 0 Å². The van der Waals surface area contributed by atoms with Crippen LogP contribution in [0.2, 0.25) is 0 Å². The van der Waals surface area contributed by atoms with Gasteiger partial charge in [0.1, 0.15) is 5.82 Å². The van der Waals surface area contributed by atoms with Crippen LogP contribution in [-0.2, 0) is 9.53 Å². The molecule has 0 aromatic carbocycles. The lowest BCUT2D eigenvalue weighted by Crippen LogP contribution is -2.36. The molecule has 26 heavy (non-hydrogen) atoms. The number of nitrogens with one attached hydrogen (secondary N) is 2. The van der Waals surface area contributed by atoms with Crippen molar-refractivity contribution in [2.24, 2.45) is 0 Å². The van der Waals surface area contributed by atoms with Crippen LogP contribution in [0.25, 0.3) is 0 Å². The Morgan fingerprint density at radius 3 is 2.96 bits per heavy atom. The predicted molar refractivity (Wildman–Crippen MR) is 101 cm³/mol. The molecule has 2 N–H and O–H groups in total. The summed E-state index contributed by atoms with van der Waals surface area (Å²) in [6, 6.07) is 3.87. The number of nitrogens with zero attached hydrogens (tertiary/aromatic N) is 2. The molecule has 4 heterocycles. The fraction of sp³-hybridized carbons (Fsp3) is 0.500. The number of hydrogen-bond acceptors (Lipinski definition) is 5. The fourth-order valence-electron chi connectivity index (χ4n) is 3.73. The van der Waals surface area contributed by atoms with Gasteiger partial charge in [0.15, 0.2) is 0 Å². The van der Waals surface area contributed by atoms with Gasteiger partial charge in [0, 0.05) is 19.0 Å². The predicted octanol–water partition coefficient (Wildman–Crippen LogP) is 2.48. The van der Waals surface area contributed by atoms with Gasteiger partial charge in [-0.25, -0.2) is 0 Å². The minimum Gasteiger partial charge on any atom is -0.375 e. The topological polar surface area (TPSA) is 89.0 Å². The molecule has 0 unspecified atom stereocenters. The summed E-state index contributed by atoms with van der Waals surface area (Å²) < 4.78 is 7.64. The Balaban J connectivity index is 1.80. The van der Waals surface area contributed by atoms with E-state index in [4.69, 9.17) is 4.74 Å². The van der Waals surface area contributed by atoms with E-state index in [0.29, 0.717) is 23.7 Å². The molecule has 2 aliphatic heterocycles. The van der Waals surface area contributed by atoms with Crippen LogP contribution in [-0.4, -0.2) is 38.6 Å². The Hall–Kier alpha value is -2.06. The van der Waals surface area contributed by atoms with Crippen molar-refractivity contribution < 1.29 is 9.53 Å². The molecular formula is C18H22N4O3S. The van der Waals surface area contributed by atoms with Crippen molar-refractivity contribution in [1.82, 2.24) is 14.8 Å². The molecule has 2 aliphatic rings. The normalized spacial score (nSPS) is 25.2. The lowest BCUT2D eigenvalue weighted by Gasteiger charge is -2.36. The highest BCUT2D eigenvalue weighted by atomic mass is 32.2. The number of anilines is 1. The standard InChI is InChI=1S/C18H22N4O3S/c1-18(2)8-12(5-7-25-18)22-16-14(17(24)21-22)15(26-10-13(23)20-16)11-4-3-6-19-9-11/h3-4,6,9,12,15H,5,7-8,10H2,1-2H3,(H,20,23)(H,21,24)/t12-,15+/m1/s1. The van der Waals surface area contributed by atoms with Crippen molar-refractivity contribution in [3.05, 3.63) is 46.0 Å². The van der Waals surface area contributed by atoms with Crippen LogP contribution in [0.3, 0.4) is 0 Å². The molecule has 1 fully saturated rings. The minimum atomic E-state index is -0.261. The first kappa shape index (κ1) is 17.4. The highest BCUT2D eigenvalue weighted by Gasteiger charge is 2.35. The molecule has 1 amide bonds. The number of H-pyrrole nitrogens is 1. The van der Waals surface area contributed by atoms with E-state index in [1.165, 1.54) is 11.8 Å². The van der Waals surface area contributed by atoms with Crippen LogP contribution in [0.5, 0.6) is 0 Å². The van der Waals surface area contributed by atoms with Crippen molar-refractivity contribution in [1.29, 1.82) is 0 Å². The summed E-state index contributed by atoms with van der Waals surface area (Å²) in [6.45, 7) is 4.72. The SMILES string of the molecule is CC1(C)C[C@H](n2[nH]c(=O)c3c2NC(=O)CS[C@H]3c2cccnc2)CCO1. The molecule has 2 atom stereocenters. The third kappa shape index (κ3) is 3.19. The molecule has 0 radical (unpaired) electrons. The largest absolute Gasteiger partial charge is 0.375 e. The Morgan fingerprint density at radius 1 is 1.38 bits per heavy atom. The number of carbonyl (C=O) groups is 1. The van der Waals surface area contributed by atoms with Gasteiger partial charge in [0.2, 0.25) is 5.91 Å². The highest BCUT2D eigenvalue weighted by Crippen LogP contribution is 2.41. The molecule has 2 aromatic heterocycles. The van der Waals surface area contributed by atoms with Crippen LogP contribution < -0.4 is 10.9 Å². The summed E-state index contributed by atoms with van der Waals surface area (Å²) in [5, 5.41) is 5.69. The molecule has 4 rings (SSSR count). The molecule has 0 bridgehead atoms. The molecule has 7 nitrogen and oxygen atoms in total. The van der Waals surface area contributed by atoms with E-state index in [9.17, 15) is 9.59 Å². The number of ether oxygens (including phenoxy) is 1. The molecule has 0 saturated carbocycles. The third-order valence-corrected chi connectivity index (χ3v) is 6.16. The molecule has 1 saturated heterocycles. The second kappa shape index (κ2) is 6.59. The lowest BCUT2D eigenvalue weighted by atomic mass is 9.94. The van der Waals surface area contributed by atoms with Crippen molar-refractivity contribution in [2.75, 3.05) is 17.7 Å². The number of pyridine rings is 1. The molecule has 138 valence electrons. The summed E-state index contributed by atoms with van der Waals surface area (Å²) in [5.41, 5.74) is 1.10. The number of rotatable bonds is 2.